The minimum atomic E-state index is -0.544. The lowest BCUT2D eigenvalue weighted by atomic mass is 10.2. The van der Waals surface area contributed by atoms with E-state index >= 15 is 0 Å². The number of phenolic OH excluding ortho intramolecular Hbond substituents is 1. The van der Waals surface area contributed by atoms with Crippen LogP contribution in [0.5, 0.6) is 5.75 Å². The van der Waals surface area contributed by atoms with Crippen LogP contribution >= 0.6 is 22.6 Å². The number of alkyl halides is 1. The minimum Gasteiger partial charge on any atom is -0.507 e. The molecule has 2 N–H and O–H groups in total. The monoisotopic (exact) mass is 321 g/mol. The molecule has 1 rings (SSSR count). The minimum absolute atomic E-state index is 0.0755. The number of rotatable bonds is 3. The van der Waals surface area contributed by atoms with Gasteiger partial charge in [-0.2, -0.15) is 0 Å². The largest absolute Gasteiger partial charge is 0.507 e. The van der Waals surface area contributed by atoms with E-state index in [9.17, 15) is 9.90 Å². The Morgan fingerprint density at radius 3 is 2.80 bits per heavy atom. The molecule has 0 spiro atoms. The molecule has 1 atom stereocenters. The Balaban J connectivity index is 3.00. The number of benzene rings is 1. The van der Waals surface area contributed by atoms with Crippen molar-refractivity contribution in [2.24, 2.45) is 0 Å². The van der Waals surface area contributed by atoms with Gasteiger partial charge < -0.3 is 15.2 Å². The number of esters is 1. The first-order valence-electron chi connectivity index (χ1n) is 4.36. The number of halogens is 1. The summed E-state index contributed by atoms with van der Waals surface area (Å²) in [5.74, 6) is -0.620. The molecule has 0 fully saturated rings. The van der Waals surface area contributed by atoms with Crippen LogP contribution in [-0.4, -0.2) is 22.2 Å². The van der Waals surface area contributed by atoms with Gasteiger partial charge in [0.15, 0.2) is 0 Å². The van der Waals surface area contributed by atoms with Crippen LogP contribution in [0, 0.1) is 0 Å². The Bertz CT molecular complexity index is 366. The fourth-order valence-corrected chi connectivity index (χ4v) is 1.49. The first-order chi connectivity index (χ1) is 7.04. The van der Waals surface area contributed by atoms with Gasteiger partial charge in [-0.1, -0.05) is 22.6 Å². The highest BCUT2D eigenvalue weighted by Gasteiger charge is 2.12. The standard InChI is InChI=1S/C10H12INO3/c1-6(11)12-7-3-4-9(13)8(5-7)10(14)15-2/h3-6,12-13H,1-2H3/t6-/m0/s1. The third kappa shape index (κ3) is 3.26. The van der Waals surface area contributed by atoms with Crippen molar-refractivity contribution in [3.63, 3.8) is 0 Å². The molecule has 0 radical (unpaired) electrons. The molecule has 0 aliphatic carbocycles. The predicted octanol–water partition coefficient (Wildman–Crippen LogP) is 2.37. The average Bonchev–Trinajstić information content (AvgIpc) is 2.19. The zero-order chi connectivity index (χ0) is 11.4. The van der Waals surface area contributed by atoms with Gasteiger partial charge in [0.05, 0.1) is 11.2 Å². The van der Waals surface area contributed by atoms with E-state index in [-0.39, 0.29) is 15.4 Å². The van der Waals surface area contributed by atoms with Crippen molar-refractivity contribution in [1.29, 1.82) is 0 Å². The predicted molar refractivity (Wildman–Crippen MR) is 66.6 cm³/mol. The maximum Gasteiger partial charge on any atom is 0.341 e. The first-order valence-corrected chi connectivity index (χ1v) is 5.61. The Morgan fingerprint density at radius 1 is 1.60 bits per heavy atom. The summed E-state index contributed by atoms with van der Waals surface area (Å²) in [4.78, 5) is 11.3. The molecule has 15 heavy (non-hydrogen) atoms. The lowest BCUT2D eigenvalue weighted by Crippen LogP contribution is -2.08. The van der Waals surface area contributed by atoms with E-state index in [4.69, 9.17) is 0 Å². The molecule has 82 valence electrons. The van der Waals surface area contributed by atoms with E-state index in [0.717, 1.165) is 5.69 Å². The van der Waals surface area contributed by atoms with Gasteiger partial charge in [-0.25, -0.2) is 4.79 Å². The van der Waals surface area contributed by atoms with E-state index < -0.39 is 5.97 Å². The molecule has 0 amide bonds. The zero-order valence-corrected chi connectivity index (χ0v) is 10.6. The molecule has 0 saturated heterocycles. The van der Waals surface area contributed by atoms with Crippen LogP contribution < -0.4 is 5.32 Å². The number of hydrogen-bond donors (Lipinski definition) is 2. The van der Waals surface area contributed by atoms with Crippen molar-refractivity contribution in [2.75, 3.05) is 12.4 Å². The summed E-state index contributed by atoms with van der Waals surface area (Å²) < 4.78 is 4.78. The van der Waals surface area contributed by atoms with Crippen molar-refractivity contribution < 1.29 is 14.6 Å². The summed E-state index contributed by atoms with van der Waals surface area (Å²) in [5.41, 5.74) is 0.939. The number of nitrogens with one attached hydrogen (secondary N) is 1. The molecule has 0 aromatic heterocycles. The molecule has 1 aromatic rings. The quantitative estimate of drug-likeness (QED) is 0.295. The third-order valence-corrected chi connectivity index (χ3v) is 2.08. The van der Waals surface area contributed by atoms with Crippen LogP contribution in [-0.2, 0) is 4.74 Å². The number of anilines is 1. The third-order valence-electron chi connectivity index (χ3n) is 1.77. The van der Waals surface area contributed by atoms with Gasteiger partial charge in [0.1, 0.15) is 11.3 Å². The maximum absolute atomic E-state index is 11.3. The maximum atomic E-state index is 11.3. The van der Waals surface area contributed by atoms with E-state index in [1.165, 1.54) is 13.2 Å². The van der Waals surface area contributed by atoms with Crippen LogP contribution in [0.2, 0.25) is 0 Å². The Kier molecular flexibility index (Phi) is 4.19. The zero-order valence-electron chi connectivity index (χ0n) is 8.45. The van der Waals surface area contributed by atoms with Crippen molar-refractivity contribution in [1.82, 2.24) is 0 Å². The summed E-state index contributed by atoms with van der Waals surface area (Å²) in [6, 6.07) is 4.74. The molecule has 4 nitrogen and oxygen atoms in total. The average molecular weight is 321 g/mol. The summed E-state index contributed by atoms with van der Waals surface area (Å²) in [6.45, 7) is 1.98. The normalized spacial score (nSPS) is 11.9. The SMILES string of the molecule is COC(=O)c1cc(N[C@@H](C)I)ccc1O. The molecular formula is C10H12INO3. The van der Waals surface area contributed by atoms with Gasteiger partial charge >= 0.3 is 5.97 Å². The topological polar surface area (TPSA) is 58.6 Å². The van der Waals surface area contributed by atoms with Gasteiger partial charge in [-0.05, 0) is 25.1 Å². The fourth-order valence-electron chi connectivity index (χ4n) is 1.13. The van der Waals surface area contributed by atoms with Crippen LogP contribution in [0.3, 0.4) is 0 Å². The van der Waals surface area contributed by atoms with Crippen molar-refractivity contribution in [2.45, 2.75) is 11.0 Å². The van der Waals surface area contributed by atoms with Gasteiger partial charge in [-0.15, -0.1) is 0 Å². The lowest BCUT2D eigenvalue weighted by Gasteiger charge is -2.10. The number of phenols is 1. The lowest BCUT2D eigenvalue weighted by molar-refractivity contribution is 0.0597. The van der Waals surface area contributed by atoms with Crippen molar-refractivity contribution >= 4 is 34.2 Å². The second kappa shape index (κ2) is 5.20. The highest BCUT2D eigenvalue weighted by molar-refractivity contribution is 14.1. The number of carbonyl (C=O) groups excluding carboxylic acids is 1. The summed E-state index contributed by atoms with van der Waals surface area (Å²) in [6.07, 6.45) is 0. The number of ether oxygens (including phenoxy) is 1. The number of hydrogen-bond acceptors (Lipinski definition) is 4. The Labute approximate surface area is 102 Å². The number of carbonyl (C=O) groups is 1. The number of aromatic hydroxyl groups is 1. The molecule has 0 bridgehead atoms. The van der Waals surface area contributed by atoms with Crippen molar-refractivity contribution in [3.05, 3.63) is 23.8 Å². The van der Waals surface area contributed by atoms with Gasteiger partial charge in [0.2, 0.25) is 0 Å². The Hall–Kier alpha value is -0.980. The van der Waals surface area contributed by atoms with Gasteiger partial charge in [0.25, 0.3) is 0 Å². The second-order valence-corrected chi connectivity index (χ2v) is 4.85. The molecule has 0 heterocycles. The highest BCUT2D eigenvalue weighted by atomic mass is 127. The summed E-state index contributed by atoms with van der Waals surface area (Å²) in [7, 11) is 1.28. The molecule has 0 aliphatic heterocycles. The summed E-state index contributed by atoms with van der Waals surface area (Å²) in [5, 5.41) is 12.6. The van der Waals surface area contributed by atoms with E-state index in [1.54, 1.807) is 12.1 Å². The van der Waals surface area contributed by atoms with Crippen molar-refractivity contribution in [3.8, 4) is 5.75 Å². The van der Waals surface area contributed by atoms with Gasteiger partial charge in [0, 0.05) is 5.69 Å². The van der Waals surface area contributed by atoms with Crippen LogP contribution in [0.1, 0.15) is 17.3 Å². The van der Waals surface area contributed by atoms with Crippen LogP contribution in [0.4, 0.5) is 5.69 Å². The smallest absolute Gasteiger partial charge is 0.341 e. The molecule has 5 heteroatoms. The summed E-state index contributed by atoms with van der Waals surface area (Å²) >= 11 is 2.20. The van der Waals surface area contributed by atoms with E-state index in [2.05, 4.69) is 32.6 Å². The highest BCUT2D eigenvalue weighted by Crippen LogP contribution is 2.23. The molecule has 0 unspecified atom stereocenters. The van der Waals surface area contributed by atoms with Gasteiger partial charge in [-0.3, -0.25) is 0 Å². The number of methoxy groups -OCH3 is 1. The fraction of sp³-hybridized carbons (Fsp3) is 0.300. The van der Waals surface area contributed by atoms with E-state index in [1.807, 2.05) is 6.92 Å². The van der Waals surface area contributed by atoms with Crippen LogP contribution in [0.15, 0.2) is 18.2 Å². The van der Waals surface area contributed by atoms with Crippen LogP contribution in [0.25, 0.3) is 0 Å². The molecular weight excluding hydrogens is 309 g/mol. The Morgan fingerprint density at radius 2 is 2.27 bits per heavy atom. The molecule has 0 aliphatic rings. The molecule has 1 aromatic carbocycles. The van der Waals surface area contributed by atoms with E-state index in [0.29, 0.717) is 0 Å². The first kappa shape index (κ1) is 12.1. The second-order valence-electron chi connectivity index (χ2n) is 2.98. The molecule has 0 saturated carbocycles.